The number of aromatic nitrogens is 1. The Hall–Kier alpha value is -2.68. The van der Waals surface area contributed by atoms with Crippen molar-refractivity contribution in [2.45, 2.75) is 4.90 Å². The fourth-order valence-corrected chi connectivity index (χ4v) is 3.31. The van der Waals surface area contributed by atoms with E-state index in [9.17, 15) is 8.42 Å². The zero-order valence-electron chi connectivity index (χ0n) is 13.3. The van der Waals surface area contributed by atoms with Crippen LogP contribution in [0.4, 0.5) is 0 Å². The third-order valence-electron chi connectivity index (χ3n) is 3.66. The van der Waals surface area contributed by atoms with Crippen LogP contribution in [0.1, 0.15) is 5.56 Å². The first-order valence-corrected chi connectivity index (χ1v) is 9.63. The Morgan fingerprint density at radius 3 is 2.40 bits per heavy atom. The first-order chi connectivity index (χ1) is 11.9. The maximum absolute atomic E-state index is 12.1. The zero-order valence-corrected chi connectivity index (χ0v) is 14.8. The molecular formula is C19H13ClN2O2S. The Bertz CT molecular complexity index is 1100. The molecule has 2 aromatic carbocycles. The van der Waals surface area contributed by atoms with Crippen molar-refractivity contribution >= 4 is 21.4 Å². The molecule has 0 fully saturated rings. The lowest BCUT2D eigenvalue weighted by molar-refractivity contribution is 0.602. The third-order valence-corrected chi connectivity index (χ3v) is 5.09. The second-order valence-corrected chi connectivity index (χ2v) is 7.94. The summed E-state index contributed by atoms with van der Waals surface area (Å²) in [7, 11) is -3.44. The van der Waals surface area contributed by atoms with E-state index in [0.29, 0.717) is 33.1 Å². The quantitative estimate of drug-likeness (QED) is 0.689. The predicted molar refractivity (Wildman–Crippen MR) is 97.9 cm³/mol. The molecule has 124 valence electrons. The van der Waals surface area contributed by atoms with E-state index >= 15 is 0 Å². The van der Waals surface area contributed by atoms with Gasteiger partial charge in [-0.2, -0.15) is 5.26 Å². The molecule has 0 saturated carbocycles. The summed E-state index contributed by atoms with van der Waals surface area (Å²) in [6.45, 7) is 0. The fraction of sp³-hybridized carbons (Fsp3) is 0.0526. The summed E-state index contributed by atoms with van der Waals surface area (Å²) in [5.41, 5.74) is 2.72. The first kappa shape index (κ1) is 17.2. The summed E-state index contributed by atoms with van der Waals surface area (Å²) in [4.78, 5) is 4.71. The first-order valence-electron chi connectivity index (χ1n) is 7.36. The van der Waals surface area contributed by atoms with E-state index in [4.69, 9.17) is 16.9 Å². The molecule has 0 spiro atoms. The molecular weight excluding hydrogens is 356 g/mol. The molecule has 0 radical (unpaired) electrons. The van der Waals surface area contributed by atoms with Crippen LogP contribution in [0.2, 0.25) is 5.02 Å². The highest BCUT2D eigenvalue weighted by Crippen LogP contribution is 2.31. The minimum absolute atomic E-state index is 0.148. The molecule has 0 atom stereocenters. The molecule has 3 aromatic rings. The Labute approximate surface area is 151 Å². The Morgan fingerprint density at radius 2 is 1.72 bits per heavy atom. The smallest absolute Gasteiger partial charge is 0.175 e. The third kappa shape index (κ3) is 3.71. The van der Waals surface area contributed by atoms with Crippen molar-refractivity contribution in [3.05, 3.63) is 71.2 Å². The van der Waals surface area contributed by atoms with E-state index in [2.05, 4.69) is 11.1 Å². The van der Waals surface area contributed by atoms with Crippen molar-refractivity contribution in [3.8, 4) is 28.6 Å². The molecule has 3 rings (SSSR count). The lowest BCUT2D eigenvalue weighted by atomic mass is 10.1. The molecule has 0 bridgehead atoms. The van der Waals surface area contributed by atoms with Crippen molar-refractivity contribution in [1.29, 1.82) is 5.26 Å². The van der Waals surface area contributed by atoms with Gasteiger partial charge in [-0.05, 0) is 30.3 Å². The number of hydrogen-bond donors (Lipinski definition) is 0. The maximum atomic E-state index is 12.1. The van der Waals surface area contributed by atoms with Crippen molar-refractivity contribution in [2.24, 2.45) is 0 Å². The van der Waals surface area contributed by atoms with Gasteiger partial charge in [0.2, 0.25) is 0 Å². The van der Waals surface area contributed by atoms with Gasteiger partial charge in [0.25, 0.3) is 0 Å². The SMILES string of the molecule is CS(=O)(=O)c1cc(-c2cccc(C#N)c2)nc(-c2ccccc2Cl)c1. The average molecular weight is 369 g/mol. The van der Waals surface area contributed by atoms with Gasteiger partial charge in [-0.3, -0.25) is 0 Å². The normalized spacial score (nSPS) is 11.1. The number of rotatable bonds is 3. The van der Waals surface area contributed by atoms with Crippen molar-refractivity contribution in [1.82, 2.24) is 4.98 Å². The highest BCUT2D eigenvalue weighted by atomic mass is 35.5. The maximum Gasteiger partial charge on any atom is 0.175 e. The average Bonchev–Trinajstić information content (AvgIpc) is 2.61. The number of nitriles is 1. The molecule has 0 aliphatic heterocycles. The van der Waals surface area contributed by atoms with Crippen LogP contribution >= 0.6 is 11.6 Å². The summed E-state index contributed by atoms with van der Waals surface area (Å²) in [6, 6.07) is 19.1. The lowest BCUT2D eigenvalue weighted by Crippen LogP contribution is -2.00. The Kier molecular flexibility index (Phi) is 4.58. The van der Waals surface area contributed by atoms with Gasteiger partial charge in [-0.25, -0.2) is 13.4 Å². The van der Waals surface area contributed by atoms with Gasteiger partial charge in [0, 0.05) is 22.4 Å². The molecule has 0 saturated heterocycles. The van der Waals surface area contributed by atoms with Crippen molar-refractivity contribution in [3.63, 3.8) is 0 Å². The highest BCUT2D eigenvalue weighted by molar-refractivity contribution is 7.90. The number of pyridine rings is 1. The van der Waals surface area contributed by atoms with Crippen LogP contribution in [-0.4, -0.2) is 19.7 Å². The molecule has 0 N–H and O–H groups in total. The number of benzene rings is 2. The summed E-state index contributed by atoms with van der Waals surface area (Å²) in [5, 5.41) is 9.56. The van der Waals surface area contributed by atoms with E-state index in [1.54, 1.807) is 42.5 Å². The molecule has 1 heterocycles. The fourth-order valence-electron chi connectivity index (χ4n) is 2.42. The molecule has 0 amide bonds. The summed E-state index contributed by atoms with van der Waals surface area (Å²) < 4.78 is 24.2. The standard InChI is InChI=1S/C19H13ClN2O2S/c1-25(23,24)15-10-18(14-6-4-5-13(9-14)12-21)22-19(11-15)16-7-2-3-8-17(16)20/h2-11H,1H3. The molecule has 25 heavy (non-hydrogen) atoms. The van der Waals surface area contributed by atoms with Crippen LogP contribution in [0.3, 0.4) is 0 Å². The predicted octanol–water partition coefficient (Wildman–Crippen LogP) is 4.34. The van der Waals surface area contributed by atoms with E-state index in [1.165, 1.54) is 12.1 Å². The van der Waals surface area contributed by atoms with Crippen molar-refractivity contribution < 1.29 is 8.42 Å². The van der Waals surface area contributed by atoms with Crippen molar-refractivity contribution in [2.75, 3.05) is 6.26 Å². The Morgan fingerprint density at radius 1 is 1.00 bits per heavy atom. The summed E-state index contributed by atoms with van der Waals surface area (Å²) in [6.07, 6.45) is 1.15. The molecule has 4 nitrogen and oxygen atoms in total. The van der Waals surface area contributed by atoms with Crippen LogP contribution in [0.15, 0.2) is 65.6 Å². The van der Waals surface area contributed by atoms with E-state index in [-0.39, 0.29) is 4.90 Å². The minimum Gasteiger partial charge on any atom is -0.248 e. The second-order valence-electron chi connectivity index (χ2n) is 5.52. The van der Waals surface area contributed by atoms with Crippen LogP contribution in [0.25, 0.3) is 22.5 Å². The lowest BCUT2D eigenvalue weighted by Gasteiger charge is -2.10. The van der Waals surface area contributed by atoms with Crippen LogP contribution in [0, 0.1) is 11.3 Å². The molecule has 0 aliphatic carbocycles. The van der Waals surface area contributed by atoms with Gasteiger partial charge in [-0.15, -0.1) is 0 Å². The van der Waals surface area contributed by atoms with Gasteiger partial charge in [0.05, 0.1) is 27.9 Å². The summed E-state index contributed by atoms with van der Waals surface area (Å²) in [5.74, 6) is 0. The number of hydrogen-bond acceptors (Lipinski definition) is 4. The largest absolute Gasteiger partial charge is 0.248 e. The molecule has 6 heteroatoms. The van der Waals surface area contributed by atoms with Gasteiger partial charge in [0.15, 0.2) is 9.84 Å². The molecule has 0 unspecified atom stereocenters. The number of nitrogens with zero attached hydrogens (tertiary/aromatic N) is 2. The monoisotopic (exact) mass is 368 g/mol. The van der Waals surface area contributed by atoms with E-state index in [0.717, 1.165) is 6.26 Å². The van der Waals surface area contributed by atoms with E-state index < -0.39 is 9.84 Å². The van der Waals surface area contributed by atoms with Crippen LogP contribution in [-0.2, 0) is 9.84 Å². The number of halogens is 1. The van der Waals surface area contributed by atoms with Gasteiger partial charge < -0.3 is 0 Å². The minimum atomic E-state index is -3.44. The van der Waals surface area contributed by atoms with Crippen LogP contribution in [0.5, 0.6) is 0 Å². The highest BCUT2D eigenvalue weighted by Gasteiger charge is 2.15. The zero-order chi connectivity index (χ0) is 18.0. The second kappa shape index (κ2) is 6.67. The molecule has 1 aromatic heterocycles. The van der Waals surface area contributed by atoms with Gasteiger partial charge in [-0.1, -0.05) is 41.9 Å². The number of sulfone groups is 1. The summed E-state index contributed by atoms with van der Waals surface area (Å²) >= 11 is 6.24. The Balaban J connectivity index is 2.28. The van der Waals surface area contributed by atoms with Gasteiger partial charge >= 0.3 is 0 Å². The topological polar surface area (TPSA) is 70.8 Å². The van der Waals surface area contributed by atoms with E-state index in [1.807, 2.05) is 6.07 Å². The van der Waals surface area contributed by atoms with Crippen LogP contribution < -0.4 is 0 Å². The molecule has 0 aliphatic rings. The van der Waals surface area contributed by atoms with Gasteiger partial charge in [0.1, 0.15) is 0 Å².